The van der Waals surface area contributed by atoms with Gasteiger partial charge in [0.05, 0.1) is 7.11 Å². The lowest BCUT2D eigenvalue weighted by Gasteiger charge is -1.99. The van der Waals surface area contributed by atoms with Crippen LogP contribution in [0.1, 0.15) is 0 Å². The van der Waals surface area contributed by atoms with E-state index in [0.29, 0.717) is 17.3 Å². The summed E-state index contributed by atoms with van der Waals surface area (Å²) in [6, 6.07) is 16.9. The zero-order valence-corrected chi connectivity index (χ0v) is 14.7. The van der Waals surface area contributed by atoms with Crippen LogP contribution in [0.15, 0.2) is 68.1 Å². The Kier molecular flexibility index (Phi) is 4.07. The van der Waals surface area contributed by atoms with Crippen LogP contribution < -0.4 is 4.74 Å². The van der Waals surface area contributed by atoms with Crippen LogP contribution in [0.2, 0.25) is 0 Å². The standard InChI is InChI=1S/C18H12BrN3O3/c1-23-14-8-4-11(5-9-14)15-10-16(24-21-15)18-20-17(22-25-18)12-2-6-13(19)7-3-12/h2-10H,1H3. The predicted molar refractivity (Wildman–Crippen MR) is 94.9 cm³/mol. The van der Waals surface area contributed by atoms with Crippen molar-refractivity contribution in [2.75, 3.05) is 7.11 Å². The number of rotatable bonds is 4. The summed E-state index contributed by atoms with van der Waals surface area (Å²) in [6.07, 6.45) is 0. The summed E-state index contributed by atoms with van der Waals surface area (Å²) >= 11 is 3.40. The molecule has 7 heteroatoms. The van der Waals surface area contributed by atoms with Gasteiger partial charge in [-0.1, -0.05) is 26.2 Å². The van der Waals surface area contributed by atoms with Gasteiger partial charge < -0.3 is 13.8 Å². The first-order chi connectivity index (χ1) is 12.2. The highest BCUT2D eigenvalue weighted by Crippen LogP contribution is 2.28. The van der Waals surface area contributed by atoms with E-state index >= 15 is 0 Å². The largest absolute Gasteiger partial charge is 0.497 e. The third kappa shape index (κ3) is 3.18. The van der Waals surface area contributed by atoms with E-state index in [0.717, 1.165) is 21.3 Å². The van der Waals surface area contributed by atoms with Crippen molar-refractivity contribution in [3.05, 3.63) is 59.1 Å². The molecular formula is C18H12BrN3O3. The Morgan fingerprint density at radius 3 is 2.32 bits per heavy atom. The number of halogens is 1. The van der Waals surface area contributed by atoms with Crippen LogP contribution in [0, 0.1) is 0 Å². The molecular weight excluding hydrogens is 386 g/mol. The normalized spacial score (nSPS) is 10.8. The van der Waals surface area contributed by atoms with Gasteiger partial charge in [-0.15, -0.1) is 0 Å². The van der Waals surface area contributed by atoms with E-state index in [1.807, 2.05) is 48.5 Å². The second kappa shape index (κ2) is 6.52. The highest BCUT2D eigenvalue weighted by atomic mass is 79.9. The fraction of sp³-hybridized carbons (Fsp3) is 0.0556. The molecule has 124 valence electrons. The summed E-state index contributed by atoms with van der Waals surface area (Å²) in [5.41, 5.74) is 2.44. The quantitative estimate of drug-likeness (QED) is 0.490. The van der Waals surface area contributed by atoms with Crippen molar-refractivity contribution in [3.63, 3.8) is 0 Å². The molecule has 0 aliphatic carbocycles. The molecule has 25 heavy (non-hydrogen) atoms. The van der Waals surface area contributed by atoms with Crippen molar-refractivity contribution >= 4 is 15.9 Å². The fourth-order valence-corrected chi connectivity index (χ4v) is 2.58. The maximum atomic E-state index is 5.35. The number of aromatic nitrogens is 3. The number of hydrogen-bond donors (Lipinski definition) is 0. The molecule has 4 rings (SSSR count). The van der Waals surface area contributed by atoms with E-state index in [4.69, 9.17) is 13.8 Å². The molecule has 0 bridgehead atoms. The highest BCUT2D eigenvalue weighted by Gasteiger charge is 2.16. The molecule has 2 aromatic carbocycles. The minimum Gasteiger partial charge on any atom is -0.497 e. The first-order valence-corrected chi connectivity index (χ1v) is 8.23. The monoisotopic (exact) mass is 397 g/mol. The number of ether oxygens (including phenoxy) is 1. The van der Waals surface area contributed by atoms with Crippen LogP contribution in [0.5, 0.6) is 5.75 Å². The topological polar surface area (TPSA) is 74.2 Å². The minimum atomic E-state index is 0.283. The van der Waals surface area contributed by atoms with Gasteiger partial charge in [-0.3, -0.25) is 0 Å². The summed E-state index contributed by atoms with van der Waals surface area (Å²) in [5, 5.41) is 8.05. The first-order valence-electron chi connectivity index (χ1n) is 7.44. The van der Waals surface area contributed by atoms with E-state index in [2.05, 4.69) is 31.2 Å². The maximum absolute atomic E-state index is 5.35. The van der Waals surface area contributed by atoms with E-state index < -0.39 is 0 Å². The Bertz CT molecular complexity index is 991. The summed E-state index contributed by atoms with van der Waals surface area (Å²) in [7, 11) is 1.63. The molecule has 4 aromatic rings. The van der Waals surface area contributed by atoms with E-state index in [1.165, 1.54) is 0 Å². The zero-order chi connectivity index (χ0) is 17.2. The molecule has 0 saturated heterocycles. The number of benzene rings is 2. The lowest BCUT2D eigenvalue weighted by molar-refractivity contribution is 0.386. The van der Waals surface area contributed by atoms with Crippen molar-refractivity contribution in [2.24, 2.45) is 0 Å². The number of methoxy groups -OCH3 is 1. The SMILES string of the molecule is COc1ccc(-c2cc(-c3nc(-c4ccc(Br)cc4)no3)on2)cc1. The van der Waals surface area contributed by atoms with E-state index in [9.17, 15) is 0 Å². The fourth-order valence-electron chi connectivity index (χ4n) is 2.31. The van der Waals surface area contributed by atoms with E-state index in [-0.39, 0.29) is 5.89 Å². The molecule has 0 radical (unpaired) electrons. The van der Waals surface area contributed by atoms with E-state index in [1.54, 1.807) is 13.2 Å². The Labute approximate surface area is 151 Å². The van der Waals surface area contributed by atoms with Crippen LogP contribution in [-0.4, -0.2) is 22.4 Å². The molecule has 0 fully saturated rings. The van der Waals surface area contributed by atoms with Crippen molar-refractivity contribution in [1.82, 2.24) is 15.3 Å². The number of nitrogens with zero attached hydrogens (tertiary/aromatic N) is 3. The zero-order valence-electron chi connectivity index (χ0n) is 13.1. The molecule has 0 aliphatic rings. The van der Waals surface area contributed by atoms with Crippen molar-refractivity contribution in [3.8, 4) is 40.0 Å². The van der Waals surface area contributed by atoms with Gasteiger partial charge in [0.1, 0.15) is 11.4 Å². The summed E-state index contributed by atoms with van der Waals surface area (Å²) in [4.78, 5) is 4.37. The Morgan fingerprint density at radius 2 is 1.60 bits per heavy atom. The van der Waals surface area contributed by atoms with Crippen LogP contribution in [0.3, 0.4) is 0 Å². The van der Waals surface area contributed by atoms with Crippen molar-refractivity contribution in [2.45, 2.75) is 0 Å². The molecule has 2 aromatic heterocycles. The van der Waals surface area contributed by atoms with Gasteiger partial charge in [0.15, 0.2) is 0 Å². The molecule has 0 atom stereocenters. The van der Waals surface area contributed by atoms with Gasteiger partial charge in [0.2, 0.25) is 11.6 Å². The second-order valence-electron chi connectivity index (χ2n) is 5.23. The third-order valence-corrected chi connectivity index (χ3v) is 4.16. The Hall–Kier alpha value is -2.93. The Morgan fingerprint density at radius 1 is 0.880 bits per heavy atom. The lowest BCUT2D eigenvalue weighted by atomic mass is 10.1. The van der Waals surface area contributed by atoms with Gasteiger partial charge in [-0.25, -0.2) is 0 Å². The smallest absolute Gasteiger partial charge is 0.296 e. The van der Waals surface area contributed by atoms with Gasteiger partial charge in [0, 0.05) is 21.7 Å². The molecule has 0 aliphatic heterocycles. The molecule has 0 N–H and O–H groups in total. The summed E-state index contributed by atoms with van der Waals surface area (Å²) in [6.45, 7) is 0. The van der Waals surface area contributed by atoms with Crippen LogP contribution >= 0.6 is 15.9 Å². The molecule has 0 spiro atoms. The molecule has 2 heterocycles. The van der Waals surface area contributed by atoms with Crippen LogP contribution in [0.4, 0.5) is 0 Å². The van der Waals surface area contributed by atoms with Gasteiger partial charge in [-0.05, 0) is 48.5 Å². The third-order valence-electron chi connectivity index (χ3n) is 3.64. The average molecular weight is 398 g/mol. The molecule has 0 saturated carbocycles. The van der Waals surface area contributed by atoms with Gasteiger partial charge >= 0.3 is 0 Å². The molecule has 0 unspecified atom stereocenters. The molecule has 0 amide bonds. The van der Waals surface area contributed by atoms with Crippen molar-refractivity contribution in [1.29, 1.82) is 0 Å². The maximum Gasteiger partial charge on any atom is 0.296 e. The number of hydrogen-bond acceptors (Lipinski definition) is 6. The lowest BCUT2D eigenvalue weighted by Crippen LogP contribution is -1.82. The summed E-state index contributed by atoms with van der Waals surface area (Å²) in [5.74, 6) is 1.97. The first kappa shape index (κ1) is 15.6. The van der Waals surface area contributed by atoms with Crippen molar-refractivity contribution < 1.29 is 13.8 Å². The van der Waals surface area contributed by atoms with Crippen LogP contribution in [-0.2, 0) is 0 Å². The van der Waals surface area contributed by atoms with Gasteiger partial charge in [0.25, 0.3) is 5.89 Å². The average Bonchev–Trinajstić information content (AvgIpc) is 3.32. The second-order valence-corrected chi connectivity index (χ2v) is 6.15. The molecule has 6 nitrogen and oxygen atoms in total. The predicted octanol–water partition coefficient (Wildman–Crippen LogP) is 4.83. The Balaban J connectivity index is 1.60. The highest BCUT2D eigenvalue weighted by molar-refractivity contribution is 9.10. The van der Waals surface area contributed by atoms with Gasteiger partial charge in [-0.2, -0.15) is 4.98 Å². The minimum absolute atomic E-state index is 0.283. The van der Waals surface area contributed by atoms with Crippen LogP contribution in [0.25, 0.3) is 34.3 Å². The summed E-state index contributed by atoms with van der Waals surface area (Å²) < 4.78 is 16.8.